The van der Waals surface area contributed by atoms with E-state index in [1.54, 1.807) is 0 Å². The third kappa shape index (κ3) is 5.37. The summed E-state index contributed by atoms with van der Waals surface area (Å²) in [6.45, 7) is 0.932. The van der Waals surface area contributed by atoms with Crippen molar-refractivity contribution in [3.05, 3.63) is 70.0 Å². The quantitative estimate of drug-likeness (QED) is 0.562. The molecule has 0 radical (unpaired) electrons. The molecule has 0 spiro atoms. The molecule has 3 rings (SSSR count). The first kappa shape index (κ1) is 18.1. The summed E-state index contributed by atoms with van der Waals surface area (Å²) in [6.07, 6.45) is 0. The summed E-state index contributed by atoms with van der Waals surface area (Å²) < 4.78 is 6.74. The number of aliphatic hydroxyl groups is 1. The Balaban J connectivity index is 1.54. The van der Waals surface area contributed by atoms with Gasteiger partial charge in [0.1, 0.15) is 0 Å². The van der Waals surface area contributed by atoms with Crippen LogP contribution in [-0.2, 0) is 11.3 Å². The predicted octanol–water partition coefficient (Wildman–Crippen LogP) is 4.56. The molecule has 1 unspecified atom stereocenters. The van der Waals surface area contributed by atoms with E-state index in [0.29, 0.717) is 13.2 Å². The highest BCUT2D eigenvalue weighted by Gasteiger charge is 2.11. The smallest absolute Gasteiger partial charge is 0.183 e. The van der Waals surface area contributed by atoms with Crippen LogP contribution in [-0.4, -0.2) is 29.3 Å². The van der Waals surface area contributed by atoms with Crippen LogP contribution in [0.3, 0.4) is 0 Å². The Morgan fingerprint density at radius 3 is 2.60 bits per heavy atom. The summed E-state index contributed by atoms with van der Waals surface area (Å²) in [5.41, 5.74) is 3.10. The minimum absolute atomic E-state index is 0.0119. The first-order valence-electron chi connectivity index (χ1n) is 7.95. The van der Waals surface area contributed by atoms with Gasteiger partial charge in [0.25, 0.3) is 0 Å². The van der Waals surface area contributed by atoms with Gasteiger partial charge in [0.2, 0.25) is 0 Å². The molecule has 6 heteroatoms. The van der Waals surface area contributed by atoms with Crippen molar-refractivity contribution in [3.8, 4) is 11.3 Å². The molecule has 0 aliphatic heterocycles. The van der Waals surface area contributed by atoms with Crippen LogP contribution in [0.15, 0.2) is 64.5 Å². The zero-order valence-electron chi connectivity index (χ0n) is 13.6. The van der Waals surface area contributed by atoms with Crippen LogP contribution in [0.5, 0.6) is 0 Å². The van der Waals surface area contributed by atoms with E-state index < -0.39 is 0 Å². The molecule has 0 saturated carbocycles. The molecule has 0 bridgehead atoms. The fourth-order valence-corrected chi connectivity index (χ4v) is 3.36. The van der Waals surface area contributed by atoms with E-state index in [0.717, 1.165) is 26.4 Å². The number of halogens is 1. The van der Waals surface area contributed by atoms with Crippen LogP contribution < -0.4 is 5.32 Å². The van der Waals surface area contributed by atoms with Crippen molar-refractivity contribution < 1.29 is 9.84 Å². The number of hydrogen-bond acceptors (Lipinski definition) is 5. The molecule has 25 heavy (non-hydrogen) atoms. The van der Waals surface area contributed by atoms with E-state index in [2.05, 4.69) is 26.2 Å². The highest BCUT2D eigenvalue weighted by atomic mass is 79.9. The van der Waals surface area contributed by atoms with Gasteiger partial charge in [-0.2, -0.15) is 0 Å². The highest BCUT2D eigenvalue weighted by molar-refractivity contribution is 9.10. The van der Waals surface area contributed by atoms with Crippen LogP contribution in [0, 0.1) is 0 Å². The molecule has 1 aromatic heterocycles. The Bertz CT molecular complexity index is 778. The molecule has 0 saturated heterocycles. The van der Waals surface area contributed by atoms with Crippen LogP contribution in [0.2, 0.25) is 0 Å². The fraction of sp³-hybridized carbons (Fsp3) is 0.211. The maximum atomic E-state index is 9.57. The first-order valence-corrected chi connectivity index (χ1v) is 9.62. The molecule has 0 fully saturated rings. The topological polar surface area (TPSA) is 54.4 Å². The zero-order valence-corrected chi connectivity index (χ0v) is 16.0. The van der Waals surface area contributed by atoms with Gasteiger partial charge >= 0.3 is 0 Å². The van der Waals surface area contributed by atoms with E-state index in [1.807, 2.05) is 60.0 Å². The van der Waals surface area contributed by atoms with Crippen molar-refractivity contribution in [2.24, 2.45) is 0 Å². The third-order valence-corrected chi connectivity index (χ3v) is 4.92. The number of hydrogen-bond donors (Lipinski definition) is 2. The summed E-state index contributed by atoms with van der Waals surface area (Å²) in [5.74, 6) is 0. The van der Waals surface area contributed by atoms with Crippen molar-refractivity contribution >= 4 is 32.4 Å². The van der Waals surface area contributed by atoms with E-state index in [9.17, 15) is 5.11 Å². The van der Waals surface area contributed by atoms with E-state index in [1.165, 1.54) is 11.3 Å². The standard InChI is InChI=1S/C19H19BrN2O2S/c20-16-8-6-15(7-9-16)18-13-25-19(22-18)21-17(10-23)12-24-11-14-4-2-1-3-5-14/h1-9,13,17,23H,10-12H2,(H,21,22). The second-order valence-electron chi connectivity index (χ2n) is 5.57. The molecular weight excluding hydrogens is 400 g/mol. The average Bonchev–Trinajstić information content (AvgIpc) is 3.11. The van der Waals surface area contributed by atoms with Crippen LogP contribution in [0.1, 0.15) is 5.56 Å². The van der Waals surface area contributed by atoms with Gasteiger partial charge in [-0.25, -0.2) is 4.98 Å². The van der Waals surface area contributed by atoms with E-state index in [4.69, 9.17) is 4.74 Å². The highest BCUT2D eigenvalue weighted by Crippen LogP contribution is 2.26. The van der Waals surface area contributed by atoms with Gasteiger partial charge in [0.05, 0.1) is 31.6 Å². The van der Waals surface area contributed by atoms with Crippen LogP contribution >= 0.6 is 27.3 Å². The average molecular weight is 419 g/mol. The first-order chi connectivity index (χ1) is 12.2. The normalized spacial score (nSPS) is 12.1. The predicted molar refractivity (Wildman–Crippen MR) is 106 cm³/mol. The maximum Gasteiger partial charge on any atom is 0.183 e. The number of ether oxygens (including phenoxy) is 1. The number of anilines is 1. The Morgan fingerprint density at radius 1 is 1.12 bits per heavy atom. The Labute approximate surface area is 159 Å². The number of thiazole rings is 1. The zero-order chi connectivity index (χ0) is 17.5. The summed E-state index contributed by atoms with van der Waals surface area (Å²) in [5, 5.41) is 15.6. The van der Waals surface area contributed by atoms with Gasteiger partial charge < -0.3 is 15.2 Å². The molecule has 0 aliphatic rings. The largest absolute Gasteiger partial charge is 0.394 e. The molecule has 3 aromatic rings. The molecular formula is C19H19BrN2O2S. The van der Waals surface area contributed by atoms with Gasteiger partial charge in [-0.05, 0) is 17.7 Å². The van der Waals surface area contributed by atoms with Crippen LogP contribution in [0.25, 0.3) is 11.3 Å². The summed E-state index contributed by atoms with van der Waals surface area (Å²) >= 11 is 4.96. The van der Waals surface area contributed by atoms with Crippen LogP contribution in [0.4, 0.5) is 5.13 Å². The molecule has 1 atom stereocenters. The lowest BCUT2D eigenvalue weighted by Gasteiger charge is -2.15. The van der Waals surface area contributed by atoms with E-state index in [-0.39, 0.29) is 12.6 Å². The van der Waals surface area contributed by atoms with Crippen molar-refractivity contribution in [2.75, 3.05) is 18.5 Å². The Kier molecular flexibility index (Phi) is 6.58. The van der Waals surface area contributed by atoms with Crippen molar-refractivity contribution in [1.82, 2.24) is 4.98 Å². The molecule has 4 nitrogen and oxygen atoms in total. The molecule has 0 aliphatic carbocycles. The summed E-state index contributed by atoms with van der Waals surface area (Å²) in [4.78, 5) is 4.59. The lowest BCUT2D eigenvalue weighted by atomic mass is 10.2. The maximum absolute atomic E-state index is 9.57. The Hall–Kier alpha value is -1.73. The lowest BCUT2D eigenvalue weighted by molar-refractivity contribution is 0.0951. The van der Waals surface area contributed by atoms with E-state index >= 15 is 0 Å². The van der Waals surface area contributed by atoms with Crippen molar-refractivity contribution in [1.29, 1.82) is 0 Å². The molecule has 1 heterocycles. The second kappa shape index (κ2) is 9.10. The van der Waals surface area contributed by atoms with Gasteiger partial charge in [-0.15, -0.1) is 11.3 Å². The SMILES string of the molecule is OCC(COCc1ccccc1)Nc1nc(-c2ccc(Br)cc2)cs1. The molecule has 0 amide bonds. The minimum Gasteiger partial charge on any atom is -0.394 e. The number of aromatic nitrogens is 1. The number of rotatable bonds is 8. The van der Waals surface area contributed by atoms with Crippen molar-refractivity contribution in [2.45, 2.75) is 12.6 Å². The van der Waals surface area contributed by atoms with Gasteiger partial charge in [0, 0.05) is 15.4 Å². The summed E-state index contributed by atoms with van der Waals surface area (Å²) in [6, 6.07) is 17.8. The van der Waals surface area contributed by atoms with Crippen molar-refractivity contribution in [3.63, 3.8) is 0 Å². The number of benzene rings is 2. The number of nitrogens with zero attached hydrogens (tertiary/aromatic N) is 1. The molecule has 130 valence electrons. The third-order valence-electron chi connectivity index (χ3n) is 3.62. The van der Waals surface area contributed by atoms with Gasteiger partial charge in [-0.1, -0.05) is 58.4 Å². The number of aliphatic hydroxyl groups excluding tert-OH is 1. The second-order valence-corrected chi connectivity index (χ2v) is 7.34. The Morgan fingerprint density at radius 2 is 1.88 bits per heavy atom. The molecule has 2 N–H and O–H groups in total. The lowest BCUT2D eigenvalue weighted by Crippen LogP contribution is -2.29. The fourth-order valence-electron chi connectivity index (χ4n) is 2.30. The molecule has 2 aromatic carbocycles. The minimum atomic E-state index is -0.187. The monoisotopic (exact) mass is 418 g/mol. The van der Waals surface area contributed by atoms with Gasteiger partial charge in [0.15, 0.2) is 5.13 Å². The number of nitrogens with one attached hydrogen (secondary N) is 1. The van der Waals surface area contributed by atoms with Gasteiger partial charge in [-0.3, -0.25) is 0 Å². The summed E-state index contributed by atoms with van der Waals surface area (Å²) in [7, 11) is 0.